The predicted molar refractivity (Wildman–Crippen MR) is 101 cm³/mol. The quantitative estimate of drug-likeness (QED) is 0.608. The zero-order valence-electron chi connectivity index (χ0n) is 16.1. The minimum absolute atomic E-state index is 0.287. The number of rotatable bonds is 3. The Morgan fingerprint density at radius 3 is 2.50 bits per heavy atom. The van der Waals surface area contributed by atoms with Crippen LogP contribution >= 0.6 is 0 Å². The molecule has 8 nitrogen and oxygen atoms in total. The molecule has 0 saturated carbocycles. The van der Waals surface area contributed by atoms with Crippen LogP contribution < -0.4 is 4.90 Å². The van der Waals surface area contributed by atoms with Gasteiger partial charge in [-0.05, 0) is 32.9 Å². The van der Waals surface area contributed by atoms with Gasteiger partial charge in [-0.1, -0.05) is 0 Å². The molecule has 1 aromatic rings. The number of nitrogens with zero attached hydrogens (tertiary/aromatic N) is 6. The normalized spacial score (nSPS) is 15.1. The zero-order chi connectivity index (χ0) is 19.3. The summed E-state index contributed by atoms with van der Waals surface area (Å²) in [7, 11) is 3.73. The number of amides is 1. The summed E-state index contributed by atoms with van der Waals surface area (Å²) in [6, 6.07) is 5.74. The molecule has 1 saturated heterocycles. The van der Waals surface area contributed by atoms with Crippen molar-refractivity contribution in [1.82, 2.24) is 14.8 Å². The van der Waals surface area contributed by atoms with Crippen LogP contribution in [0.1, 0.15) is 26.5 Å². The fourth-order valence-electron chi connectivity index (χ4n) is 2.43. The summed E-state index contributed by atoms with van der Waals surface area (Å²) >= 11 is 0. The monoisotopic (exact) mass is 358 g/mol. The van der Waals surface area contributed by atoms with Gasteiger partial charge in [-0.3, -0.25) is 0 Å². The first-order valence-electron chi connectivity index (χ1n) is 8.54. The van der Waals surface area contributed by atoms with E-state index in [1.165, 1.54) is 0 Å². The van der Waals surface area contributed by atoms with Gasteiger partial charge in [-0.15, -0.1) is 0 Å². The molecule has 140 valence electrons. The number of ether oxygens (including phenoxy) is 1. The second kappa shape index (κ2) is 8.04. The molecule has 1 fully saturated rings. The van der Waals surface area contributed by atoms with Crippen LogP contribution in [0.2, 0.25) is 0 Å². The number of aromatic nitrogens is 1. The highest BCUT2D eigenvalue weighted by Crippen LogP contribution is 2.22. The topological polar surface area (TPSA) is 85.1 Å². The number of pyridine rings is 1. The number of aliphatic imine (C=N–C) groups is 1. The van der Waals surface area contributed by atoms with Gasteiger partial charge in [-0.2, -0.15) is 5.26 Å². The third kappa shape index (κ3) is 5.34. The summed E-state index contributed by atoms with van der Waals surface area (Å²) in [6.45, 7) is 7.95. The summed E-state index contributed by atoms with van der Waals surface area (Å²) < 4.78 is 5.41. The summed E-state index contributed by atoms with van der Waals surface area (Å²) in [5.41, 5.74) is 0.327. The predicted octanol–water partition coefficient (Wildman–Crippen LogP) is 2.23. The smallest absolute Gasteiger partial charge is 0.410 e. The summed E-state index contributed by atoms with van der Waals surface area (Å²) in [4.78, 5) is 26.4. The van der Waals surface area contributed by atoms with Crippen LogP contribution in [0.4, 0.5) is 16.3 Å². The molecule has 0 unspecified atom stereocenters. The van der Waals surface area contributed by atoms with Gasteiger partial charge in [0.15, 0.2) is 5.69 Å². The first-order valence-corrected chi connectivity index (χ1v) is 8.54. The highest BCUT2D eigenvalue weighted by molar-refractivity contribution is 5.69. The van der Waals surface area contributed by atoms with E-state index in [9.17, 15) is 10.1 Å². The number of nitriles is 1. The molecule has 8 heteroatoms. The van der Waals surface area contributed by atoms with Crippen LogP contribution in [0.3, 0.4) is 0 Å². The highest BCUT2D eigenvalue weighted by atomic mass is 16.6. The lowest BCUT2D eigenvalue weighted by Gasteiger charge is -2.36. The molecular weight excluding hydrogens is 332 g/mol. The van der Waals surface area contributed by atoms with Crippen LogP contribution in [0, 0.1) is 11.3 Å². The zero-order valence-corrected chi connectivity index (χ0v) is 16.1. The van der Waals surface area contributed by atoms with E-state index in [1.807, 2.05) is 40.9 Å². The molecule has 0 atom stereocenters. The SMILES string of the molecule is CN(C)/C=N/c1ccc(N2CCN(C(=O)OC(C)(C)C)CC2)nc1C#N. The van der Waals surface area contributed by atoms with Crippen LogP contribution in [0.5, 0.6) is 0 Å². The maximum absolute atomic E-state index is 12.1. The second-order valence-corrected chi connectivity index (χ2v) is 7.31. The largest absolute Gasteiger partial charge is 0.444 e. The van der Waals surface area contributed by atoms with Gasteiger partial charge in [-0.25, -0.2) is 14.8 Å². The van der Waals surface area contributed by atoms with Gasteiger partial charge >= 0.3 is 6.09 Å². The Bertz CT molecular complexity index is 709. The van der Waals surface area contributed by atoms with E-state index in [1.54, 1.807) is 22.2 Å². The number of carbonyl (C=O) groups excluding carboxylic acids is 1. The second-order valence-electron chi connectivity index (χ2n) is 7.31. The lowest BCUT2D eigenvalue weighted by molar-refractivity contribution is 0.0240. The molecule has 2 rings (SSSR count). The van der Waals surface area contributed by atoms with Crippen LogP contribution in [0.25, 0.3) is 0 Å². The first-order chi connectivity index (χ1) is 12.2. The van der Waals surface area contributed by atoms with E-state index in [-0.39, 0.29) is 11.8 Å². The van der Waals surface area contributed by atoms with Crippen molar-refractivity contribution < 1.29 is 9.53 Å². The van der Waals surface area contributed by atoms with Gasteiger partial charge in [0, 0.05) is 40.3 Å². The molecule has 26 heavy (non-hydrogen) atoms. The molecule has 0 N–H and O–H groups in total. The Labute approximate surface area is 154 Å². The van der Waals surface area contributed by atoms with Crippen LogP contribution in [-0.2, 0) is 4.74 Å². The summed E-state index contributed by atoms with van der Waals surface area (Å²) in [5.74, 6) is 0.717. The van der Waals surface area contributed by atoms with Gasteiger partial charge in [0.1, 0.15) is 23.2 Å². The Kier molecular flexibility index (Phi) is 6.03. The van der Waals surface area contributed by atoms with Gasteiger partial charge in [0.05, 0.1) is 6.34 Å². The van der Waals surface area contributed by atoms with Crippen LogP contribution in [0.15, 0.2) is 17.1 Å². The Morgan fingerprint density at radius 1 is 1.31 bits per heavy atom. The summed E-state index contributed by atoms with van der Waals surface area (Å²) in [5, 5.41) is 9.34. The molecule has 1 aliphatic heterocycles. The molecule has 1 aliphatic rings. The molecule has 0 aliphatic carbocycles. The van der Waals surface area contributed by atoms with Gasteiger partial charge < -0.3 is 19.4 Å². The van der Waals surface area contributed by atoms with Gasteiger partial charge in [0.25, 0.3) is 0 Å². The molecular formula is C18H26N6O2. The van der Waals surface area contributed by atoms with Crippen molar-refractivity contribution >= 4 is 23.9 Å². The maximum Gasteiger partial charge on any atom is 0.410 e. The third-order valence-electron chi connectivity index (χ3n) is 3.65. The van der Waals surface area contributed by atoms with Crippen molar-refractivity contribution in [1.29, 1.82) is 5.26 Å². The van der Waals surface area contributed by atoms with E-state index in [0.29, 0.717) is 37.7 Å². The number of piperazine rings is 1. The third-order valence-corrected chi connectivity index (χ3v) is 3.65. The van der Waals surface area contributed by atoms with E-state index >= 15 is 0 Å². The maximum atomic E-state index is 12.1. The standard InChI is InChI=1S/C18H26N6O2/c1-18(2,3)26-17(25)24-10-8-23(9-11-24)16-7-6-14(15(12-19)21-16)20-13-22(4)5/h6-7,13H,8-11H2,1-5H3/b20-13+. The minimum Gasteiger partial charge on any atom is -0.444 e. The number of carbonyl (C=O) groups is 1. The molecule has 0 aromatic carbocycles. The van der Waals surface area contributed by atoms with Gasteiger partial charge in [0.2, 0.25) is 0 Å². The minimum atomic E-state index is -0.500. The average molecular weight is 358 g/mol. The number of hydrogen-bond acceptors (Lipinski definition) is 6. The molecule has 1 aromatic heterocycles. The Morgan fingerprint density at radius 2 is 1.96 bits per heavy atom. The molecule has 2 heterocycles. The summed E-state index contributed by atoms with van der Waals surface area (Å²) in [6.07, 6.45) is 1.34. The highest BCUT2D eigenvalue weighted by Gasteiger charge is 2.26. The van der Waals surface area contributed by atoms with Crippen molar-refractivity contribution in [2.75, 3.05) is 45.2 Å². The Balaban J connectivity index is 2.03. The molecule has 0 bridgehead atoms. The van der Waals surface area contributed by atoms with E-state index in [2.05, 4.69) is 20.9 Å². The van der Waals surface area contributed by atoms with Crippen molar-refractivity contribution in [2.45, 2.75) is 26.4 Å². The Hall–Kier alpha value is -2.82. The lowest BCUT2D eigenvalue weighted by atomic mass is 10.2. The number of hydrogen-bond donors (Lipinski definition) is 0. The van der Waals surface area contributed by atoms with E-state index < -0.39 is 5.60 Å². The van der Waals surface area contributed by atoms with E-state index in [0.717, 1.165) is 0 Å². The first kappa shape index (κ1) is 19.5. The van der Waals surface area contributed by atoms with E-state index in [4.69, 9.17) is 4.74 Å². The fraction of sp³-hybridized carbons (Fsp3) is 0.556. The molecule has 1 amide bonds. The van der Waals surface area contributed by atoms with Crippen molar-refractivity contribution in [3.63, 3.8) is 0 Å². The van der Waals surface area contributed by atoms with Crippen LogP contribution in [-0.4, -0.2) is 73.1 Å². The molecule has 0 radical (unpaired) electrons. The van der Waals surface area contributed by atoms with Crippen molar-refractivity contribution in [3.8, 4) is 6.07 Å². The van der Waals surface area contributed by atoms with Crippen molar-refractivity contribution in [3.05, 3.63) is 17.8 Å². The fourth-order valence-corrected chi connectivity index (χ4v) is 2.43. The lowest BCUT2D eigenvalue weighted by Crippen LogP contribution is -2.50. The molecule has 0 spiro atoms. The van der Waals surface area contributed by atoms with Crippen molar-refractivity contribution in [2.24, 2.45) is 4.99 Å². The average Bonchev–Trinajstić information content (AvgIpc) is 2.58. The number of anilines is 1.